The average molecular weight is 238 g/mol. The van der Waals surface area contributed by atoms with Crippen LogP contribution in [-0.4, -0.2) is 13.1 Å². The monoisotopic (exact) mass is 237 g/mol. The Labute approximate surface area is 103 Å². The Morgan fingerprint density at radius 3 is 2.38 bits per heavy atom. The fourth-order valence-electron chi connectivity index (χ4n) is 2.65. The second kappa shape index (κ2) is 5.20. The van der Waals surface area contributed by atoms with Gasteiger partial charge < -0.3 is 5.32 Å². The van der Waals surface area contributed by atoms with Crippen LogP contribution in [0.25, 0.3) is 0 Å². The van der Waals surface area contributed by atoms with E-state index in [1.165, 1.54) is 44.3 Å². The first-order valence-corrected chi connectivity index (χ1v) is 6.57. The number of rotatable bonds is 3. The molecular formula is C14H20ClN. The van der Waals surface area contributed by atoms with Gasteiger partial charge in [0.05, 0.1) is 0 Å². The van der Waals surface area contributed by atoms with Gasteiger partial charge in [-0.25, -0.2) is 0 Å². The largest absolute Gasteiger partial charge is 0.317 e. The Hall–Kier alpha value is -0.530. The Bertz CT molecular complexity index is 325. The standard InChI is InChI=1S/C14H20ClN/c1-2-14(7-9-16-10-8-14)11-12-3-5-13(15)6-4-12/h3-6,16H,2,7-11H2,1H3. The first-order chi connectivity index (χ1) is 7.74. The van der Waals surface area contributed by atoms with Crippen molar-refractivity contribution in [3.63, 3.8) is 0 Å². The minimum absolute atomic E-state index is 0.513. The average Bonchev–Trinajstić information content (AvgIpc) is 2.33. The molecule has 1 aliphatic heterocycles. The smallest absolute Gasteiger partial charge is 0.0406 e. The summed E-state index contributed by atoms with van der Waals surface area (Å²) in [6.45, 7) is 4.66. The molecule has 0 radical (unpaired) electrons. The molecule has 0 amide bonds. The van der Waals surface area contributed by atoms with Gasteiger partial charge in [0.1, 0.15) is 0 Å². The summed E-state index contributed by atoms with van der Waals surface area (Å²) in [5, 5.41) is 4.28. The summed E-state index contributed by atoms with van der Waals surface area (Å²) in [7, 11) is 0. The van der Waals surface area contributed by atoms with Crippen molar-refractivity contribution < 1.29 is 0 Å². The Morgan fingerprint density at radius 1 is 1.19 bits per heavy atom. The van der Waals surface area contributed by atoms with Gasteiger partial charge in [-0.1, -0.05) is 37.1 Å². The van der Waals surface area contributed by atoms with E-state index in [0.717, 1.165) is 5.02 Å². The van der Waals surface area contributed by atoms with Crippen LogP contribution in [0.3, 0.4) is 0 Å². The van der Waals surface area contributed by atoms with Gasteiger partial charge in [0.25, 0.3) is 0 Å². The lowest BCUT2D eigenvalue weighted by molar-refractivity contribution is 0.191. The zero-order valence-corrected chi connectivity index (χ0v) is 10.7. The molecule has 2 rings (SSSR count). The van der Waals surface area contributed by atoms with Crippen molar-refractivity contribution in [2.45, 2.75) is 32.6 Å². The molecule has 2 heteroatoms. The molecule has 0 aliphatic carbocycles. The van der Waals surface area contributed by atoms with Gasteiger partial charge in [0.2, 0.25) is 0 Å². The van der Waals surface area contributed by atoms with E-state index in [2.05, 4.69) is 24.4 Å². The predicted octanol–water partition coefficient (Wildman–Crippen LogP) is 3.66. The molecule has 88 valence electrons. The van der Waals surface area contributed by atoms with Crippen LogP contribution in [0.1, 0.15) is 31.7 Å². The maximum absolute atomic E-state index is 5.91. The number of halogens is 1. The van der Waals surface area contributed by atoms with E-state index in [4.69, 9.17) is 11.6 Å². The van der Waals surface area contributed by atoms with E-state index in [1.807, 2.05) is 12.1 Å². The number of benzene rings is 1. The minimum Gasteiger partial charge on any atom is -0.317 e. The molecule has 0 atom stereocenters. The summed E-state index contributed by atoms with van der Waals surface area (Å²) in [6.07, 6.45) is 5.07. The SMILES string of the molecule is CCC1(Cc2ccc(Cl)cc2)CCNCC1. The summed E-state index contributed by atoms with van der Waals surface area (Å²) in [5.41, 5.74) is 1.94. The van der Waals surface area contributed by atoms with E-state index in [9.17, 15) is 0 Å². The van der Waals surface area contributed by atoms with Crippen LogP contribution in [-0.2, 0) is 6.42 Å². The normalized spacial score (nSPS) is 19.6. The highest BCUT2D eigenvalue weighted by molar-refractivity contribution is 6.30. The zero-order valence-electron chi connectivity index (χ0n) is 9.93. The number of piperidine rings is 1. The molecule has 1 aromatic rings. The van der Waals surface area contributed by atoms with Gasteiger partial charge in [-0.2, -0.15) is 0 Å². The molecule has 1 nitrogen and oxygen atoms in total. The van der Waals surface area contributed by atoms with Gasteiger partial charge in [0.15, 0.2) is 0 Å². The van der Waals surface area contributed by atoms with Crippen molar-refractivity contribution in [2.24, 2.45) is 5.41 Å². The maximum atomic E-state index is 5.91. The molecule has 1 aromatic carbocycles. The molecule has 1 fully saturated rings. The van der Waals surface area contributed by atoms with E-state index in [1.54, 1.807) is 0 Å². The first kappa shape index (κ1) is 11.9. The van der Waals surface area contributed by atoms with Crippen molar-refractivity contribution in [1.82, 2.24) is 5.32 Å². The third-order valence-electron chi connectivity index (χ3n) is 3.91. The third kappa shape index (κ3) is 2.78. The Morgan fingerprint density at radius 2 is 1.81 bits per heavy atom. The van der Waals surface area contributed by atoms with Crippen LogP contribution in [0.5, 0.6) is 0 Å². The van der Waals surface area contributed by atoms with E-state index in [0.29, 0.717) is 5.41 Å². The van der Waals surface area contributed by atoms with Crippen molar-refractivity contribution in [3.05, 3.63) is 34.9 Å². The van der Waals surface area contributed by atoms with Gasteiger partial charge in [0, 0.05) is 5.02 Å². The van der Waals surface area contributed by atoms with E-state index >= 15 is 0 Å². The van der Waals surface area contributed by atoms with Gasteiger partial charge in [-0.05, 0) is 55.5 Å². The molecule has 1 N–H and O–H groups in total. The predicted molar refractivity (Wildman–Crippen MR) is 70.0 cm³/mol. The highest BCUT2D eigenvalue weighted by Gasteiger charge is 2.29. The van der Waals surface area contributed by atoms with Crippen molar-refractivity contribution in [3.8, 4) is 0 Å². The van der Waals surface area contributed by atoms with Crippen LogP contribution >= 0.6 is 11.6 Å². The Kier molecular flexibility index (Phi) is 3.88. The molecule has 1 aliphatic rings. The third-order valence-corrected chi connectivity index (χ3v) is 4.16. The van der Waals surface area contributed by atoms with Gasteiger partial charge in [-0.15, -0.1) is 0 Å². The summed E-state index contributed by atoms with van der Waals surface area (Å²) < 4.78 is 0. The molecule has 0 bridgehead atoms. The topological polar surface area (TPSA) is 12.0 Å². The summed E-state index contributed by atoms with van der Waals surface area (Å²) >= 11 is 5.91. The van der Waals surface area contributed by atoms with Crippen LogP contribution in [0.15, 0.2) is 24.3 Å². The van der Waals surface area contributed by atoms with Crippen molar-refractivity contribution >= 4 is 11.6 Å². The number of hydrogen-bond donors (Lipinski definition) is 1. The second-order valence-corrected chi connectivity index (χ2v) is 5.34. The lowest BCUT2D eigenvalue weighted by atomic mass is 9.72. The summed E-state index contributed by atoms with van der Waals surface area (Å²) in [5.74, 6) is 0. The molecule has 16 heavy (non-hydrogen) atoms. The zero-order chi connectivity index (χ0) is 11.4. The van der Waals surface area contributed by atoms with Crippen molar-refractivity contribution in [1.29, 1.82) is 0 Å². The number of nitrogens with one attached hydrogen (secondary N) is 1. The highest BCUT2D eigenvalue weighted by atomic mass is 35.5. The summed E-state index contributed by atoms with van der Waals surface area (Å²) in [4.78, 5) is 0. The van der Waals surface area contributed by atoms with E-state index in [-0.39, 0.29) is 0 Å². The van der Waals surface area contributed by atoms with Crippen LogP contribution in [0.2, 0.25) is 5.02 Å². The van der Waals surface area contributed by atoms with E-state index < -0.39 is 0 Å². The maximum Gasteiger partial charge on any atom is 0.0406 e. The molecule has 0 aromatic heterocycles. The molecule has 1 heterocycles. The molecule has 0 spiro atoms. The lowest BCUT2D eigenvalue weighted by Crippen LogP contribution is -2.37. The molecule has 0 unspecified atom stereocenters. The highest BCUT2D eigenvalue weighted by Crippen LogP contribution is 2.36. The molecule has 0 saturated carbocycles. The second-order valence-electron chi connectivity index (χ2n) is 4.91. The minimum atomic E-state index is 0.513. The van der Waals surface area contributed by atoms with Crippen LogP contribution in [0.4, 0.5) is 0 Å². The fraction of sp³-hybridized carbons (Fsp3) is 0.571. The molecule has 1 saturated heterocycles. The van der Waals surface area contributed by atoms with Gasteiger partial charge in [-0.3, -0.25) is 0 Å². The van der Waals surface area contributed by atoms with Crippen LogP contribution in [0, 0.1) is 5.41 Å². The first-order valence-electron chi connectivity index (χ1n) is 6.19. The Balaban J connectivity index is 2.08. The quantitative estimate of drug-likeness (QED) is 0.846. The fourth-order valence-corrected chi connectivity index (χ4v) is 2.77. The molecular weight excluding hydrogens is 218 g/mol. The summed E-state index contributed by atoms with van der Waals surface area (Å²) in [6, 6.07) is 8.34. The lowest BCUT2D eigenvalue weighted by Gasteiger charge is -2.37. The van der Waals surface area contributed by atoms with Crippen molar-refractivity contribution in [2.75, 3.05) is 13.1 Å². The van der Waals surface area contributed by atoms with Gasteiger partial charge >= 0.3 is 0 Å². The number of hydrogen-bond acceptors (Lipinski definition) is 1. The van der Waals surface area contributed by atoms with Crippen LogP contribution < -0.4 is 5.32 Å².